The molecule has 0 amide bonds. The van der Waals surface area contributed by atoms with Crippen LogP contribution in [0.2, 0.25) is 0 Å². The second kappa shape index (κ2) is 7.31. The van der Waals surface area contributed by atoms with Crippen LogP contribution in [0.25, 0.3) is 11.1 Å². The van der Waals surface area contributed by atoms with Crippen molar-refractivity contribution >= 4 is 11.5 Å². The van der Waals surface area contributed by atoms with Crippen molar-refractivity contribution in [3.8, 4) is 29.0 Å². The topological polar surface area (TPSA) is 177 Å². The van der Waals surface area contributed by atoms with Gasteiger partial charge in [-0.2, -0.15) is 15.6 Å². The lowest BCUT2D eigenvalue weighted by Gasteiger charge is -2.14. The maximum Gasteiger partial charge on any atom is 0.307 e. The molecule has 0 aliphatic rings. The quantitative estimate of drug-likeness (QED) is 0.496. The van der Waals surface area contributed by atoms with Crippen molar-refractivity contribution < 1.29 is 9.66 Å². The second-order valence-electron chi connectivity index (χ2n) is 5.48. The lowest BCUT2D eigenvalue weighted by Crippen LogP contribution is -2.16. The third kappa shape index (κ3) is 3.23. The van der Waals surface area contributed by atoms with Gasteiger partial charge in [-0.1, -0.05) is 18.2 Å². The van der Waals surface area contributed by atoms with Gasteiger partial charge in [-0.15, -0.1) is 0 Å². The highest BCUT2D eigenvalue weighted by Crippen LogP contribution is 2.35. The molecule has 11 nitrogen and oxygen atoms in total. The number of hydrogen-bond acceptors (Lipinski definition) is 8. The molecular weight excluding hydrogens is 366 g/mol. The van der Waals surface area contributed by atoms with Crippen LogP contribution in [0.5, 0.6) is 5.75 Å². The molecule has 1 aromatic carbocycles. The number of benzene rings is 1. The van der Waals surface area contributed by atoms with E-state index in [0.717, 1.165) is 6.20 Å². The minimum absolute atomic E-state index is 0.0493. The van der Waals surface area contributed by atoms with E-state index in [1.54, 1.807) is 30.3 Å². The number of anilines is 1. The minimum Gasteiger partial charge on any atom is -0.471 e. The van der Waals surface area contributed by atoms with E-state index in [-0.39, 0.29) is 40.7 Å². The van der Waals surface area contributed by atoms with Crippen molar-refractivity contribution in [2.75, 3.05) is 5.73 Å². The molecule has 0 fully saturated rings. The number of nitrogens with zero attached hydrogens (tertiary/aromatic N) is 5. The zero-order chi connectivity index (χ0) is 20.3. The molecule has 0 aliphatic heterocycles. The number of ether oxygens (including phenoxy) is 1. The van der Waals surface area contributed by atoms with Crippen LogP contribution < -0.4 is 16.0 Å². The molecule has 0 spiro atoms. The van der Waals surface area contributed by atoms with E-state index in [4.69, 9.17) is 10.5 Å². The predicted octanol–water partition coefficient (Wildman–Crippen LogP) is 1.51. The Bertz CT molecular complexity index is 1210. The van der Waals surface area contributed by atoms with Crippen molar-refractivity contribution in [1.29, 1.82) is 10.5 Å². The van der Waals surface area contributed by atoms with Crippen LogP contribution >= 0.6 is 0 Å². The number of nitriles is 2. The van der Waals surface area contributed by atoms with Gasteiger partial charge in [0.1, 0.15) is 47.2 Å². The summed E-state index contributed by atoms with van der Waals surface area (Å²) in [6.45, 7) is -0.173. The Labute approximate surface area is 157 Å². The molecule has 0 radical (unpaired) electrons. The molecule has 2 aromatic heterocycles. The summed E-state index contributed by atoms with van der Waals surface area (Å²) in [7, 11) is 0. The Morgan fingerprint density at radius 1 is 1.29 bits per heavy atom. The molecule has 0 atom stereocenters. The van der Waals surface area contributed by atoms with E-state index in [1.807, 2.05) is 6.07 Å². The normalized spacial score (nSPS) is 10.1. The van der Waals surface area contributed by atoms with Crippen molar-refractivity contribution in [3.05, 3.63) is 68.3 Å². The third-order valence-electron chi connectivity index (χ3n) is 3.81. The van der Waals surface area contributed by atoms with Crippen LogP contribution in [0, 0.1) is 32.8 Å². The number of pyridine rings is 1. The number of para-hydroxylation sites is 1. The highest BCUT2D eigenvalue weighted by Gasteiger charge is 2.21. The smallest absolute Gasteiger partial charge is 0.307 e. The van der Waals surface area contributed by atoms with E-state index in [2.05, 4.69) is 10.1 Å². The Kier molecular flexibility index (Phi) is 4.74. The Morgan fingerprint density at radius 3 is 2.64 bits per heavy atom. The van der Waals surface area contributed by atoms with Gasteiger partial charge >= 0.3 is 5.69 Å². The molecule has 0 aliphatic carbocycles. The van der Waals surface area contributed by atoms with Crippen LogP contribution in [-0.4, -0.2) is 19.7 Å². The molecule has 0 saturated heterocycles. The van der Waals surface area contributed by atoms with E-state index in [0.29, 0.717) is 5.56 Å². The summed E-state index contributed by atoms with van der Waals surface area (Å²) < 4.78 is 6.86. The van der Waals surface area contributed by atoms with Crippen molar-refractivity contribution in [2.45, 2.75) is 6.73 Å². The number of nitrogen functional groups attached to an aromatic ring is 1. The summed E-state index contributed by atoms with van der Waals surface area (Å²) in [5.41, 5.74) is 4.81. The SMILES string of the molecule is N#Cc1c(N)[nH]c(=O)c(C#N)c1-c1ccccc1OCn1cc([N+](=O)[O-])cn1. The molecule has 3 rings (SSSR count). The van der Waals surface area contributed by atoms with E-state index in [1.165, 1.54) is 10.9 Å². The molecule has 3 aromatic rings. The number of nitrogens with two attached hydrogens (primary N) is 1. The first-order valence-corrected chi connectivity index (χ1v) is 7.71. The Balaban J connectivity index is 2.06. The van der Waals surface area contributed by atoms with Crippen LogP contribution in [0.15, 0.2) is 41.5 Å². The first-order valence-electron chi connectivity index (χ1n) is 7.71. The van der Waals surface area contributed by atoms with Crippen LogP contribution in [-0.2, 0) is 6.73 Å². The highest BCUT2D eigenvalue weighted by atomic mass is 16.6. The van der Waals surface area contributed by atoms with Gasteiger partial charge in [-0.25, -0.2) is 4.68 Å². The average Bonchev–Trinajstić information content (AvgIpc) is 3.15. The van der Waals surface area contributed by atoms with E-state index < -0.39 is 10.5 Å². The van der Waals surface area contributed by atoms with Crippen molar-refractivity contribution in [2.24, 2.45) is 0 Å². The zero-order valence-corrected chi connectivity index (χ0v) is 14.1. The Morgan fingerprint density at radius 2 is 2.00 bits per heavy atom. The van der Waals surface area contributed by atoms with Crippen LogP contribution in [0.3, 0.4) is 0 Å². The van der Waals surface area contributed by atoms with Gasteiger partial charge < -0.3 is 15.5 Å². The fraction of sp³-hybridized carbons (Fsp3) is 0.0588. The average molecular weight is 377 g/mol. The van der Waals surface area contributed by atoms with Crippen LogP contribution in [0.1, 0.15) is 11.1 Å². The summed E-state index contributed by atoms with van der Waals surface area (Å²) in [6.07, 6.45) is 2.27. The zero-order valence-electron chi connectivity index (χ0n) is 14.1. The molecule has 0 unspecified atom stereocenters. The molecule has 28 heavy (non-hydrogen) atoms. The summed E-state index contributed by atoms with van der Waals surface area (Å²) in [4.78, 5) is 24.5. The van der Waals surface area contributed by atoms with Crippen molar-refractivity contribution in [3.63, 3.8) is 0 Å². The monoisotopic (exact) mass is 377 g/mol. The molecule has 138 valence electrons. The number of nitrogens with one attached hydrogen (secondary N) is 1. The fourth-order valence-electron chi connectivity index (χ4n) is 2.56. The molecule has 0 bridgehead atoms. The summed E-state index contributed by atoms with van der Waals surface area (Å²) in [5.74, 6) is 0.0673. The van der Waals surface area contributed by atoms with Gasteiger partial charge in [-0.05, 0) is 6.07 Å². The standard InChI is InChI=1S/C17H11N7O4/c18-5-12-15(13(6-19)17(25)22-16(12)20)11-3-1-2-4-14(11)28-9-23-8-10(7-21-23)24(26)27/h1-4,7-8H,9H2,(H3,20,22,25). The third-order valence-corrected chi connectivity index (χ3v) is 3.81. The van der Waals surface area contributed by atoms with Gasteiger partial charge in [0.25, 0.3) is 5.56 Å². The van der Waals surface area contributed by atoms with Crippen molar-refractivity contribution in [1.82, 2.24) is 14.8 Å². The highest BCUT2D eigenvalue weighted by molar-refractivity contribution is 5.83. The number of rotatable bonds is 5. The summed E-state index contributed by atoms with van der Waals surface area (Å²) >= 11 is 0. The first kappa shape index (κ1) is 18.2. The number of hydrogen-bond donors (Lipinski definition) is 2. The molecule has 2 heterocycles. The van der Waals surface area contributed by atoms with Crippen LogP contribution in [0.4, 0.5) is 11.5 Å². The predicted molar refractivity (Wildman–Crippen MR) is 95.9 cm³/mol. The van der Waals surface area contributed by atoms with Gasteiger partial charge in [0.2, 0.25) is 0 Å². The van der Waals surface area contributed by atoms with Gasteiger partial charge in [0, 0.05) is 11.1 Å². The maximum atomic E-state index is 12.1. The number of aromatic amines is 1. The summed E-state index contributed by atoms with van der Waals surface area (Å²) in [5, 5.41) is 33.4. The van der Waals surface area contributed by atoms with Gasteiger partial charge in [-0.3, -0.25) is 14.9 Å². The molecular formula is C17H11N7O4. The van der Waals surface area contributed by atoms with Gasteiger partial charge in [0.05, 0.1) is 4.92 Å². The molecule has 3 N–H and O–H groups in total. The lowest BCUT2D eigenvalue weighted by atomic mass is 9.96. The number of H-pyrrole nitrogens is 1. The lowest BCUT2D eigenvalue weighted by molar-refractivity contribution is -0.385. The molecule has 0 saturated carbocycles. The first-order chi connectivity index (χ1) is 13.5. The Hall–Kier alpha value is -4.64. The number of aromatic nitrogens is 3. The molecule has 11 heteroatoms. The largest absolute Gasteiger partial charge is 0.471 e. The summed E-state index contributed by atoms with van der Waals surface area (Å²) in [6, 6.07) is 10.1. The number of nitro groups is 1. The minimum atomic E-state index is -0.730. The fourth-order valence-corrected chi connectivity index (χ4v) is 2.56. The second-order valence-corrected chi connectivity index (χ2v) is 5.48. The van der Waals surface area contributed by atoms with Gasteiger partial charge in [0.15, 0.2) is 6.73 Å². The van der Waals surface area contributed by atoms with E-state index >= 15 is 0 Å². The maximum absolute atomic E-state index is 12.1. The van der Waals surface area contributed by atoms with E-state index in [9.17, 15) is 25.4 Å².